The Morgan fingerprint density at radius 2 is 1.69 bits per heavy atom. The molecule has 1 fully saturated rings. The summed E-state index contributed by atoms with van der Waals surface area (Å²) in [5, 5.41) is 3.29. The van der Waals surface area contributed by atoms with Crippen LogP contribution >= 0.6 is 0 Å². The molecule has 1 amide bonds. The first-order chi connectivity index (χ1) is 15.6. The van der Waals surface area contributed by atoms with Crippen molar-refractivity contribution in [3.8, 4) is 16.9 Å². The number of aromatic nitrogens is 1. The fourth-order valence-corrected chi connectivity index (χ4v) is 5.57. The summed E-state index contributed by atoms with van der Waals surface area (Å²) in [4.78, 5) is 12.9. The van der Waals surface area contributed by atoms with Gasteiger partial charge in [0.2, 0.25) is 0 Å². The average Bonchev–Trinajstić information content (AvgIpc) is 3.20. The van der Waals surface area contributed by atoms with E-state index in [9.17, 15) is 4.79 Å². The standard InChI is InChI=1S/C29H34N2O/c1-20-12-17-27-24(18-20)19-28(22-9-4-3-5-10-22)31(27)25-15-13-23(14-16-25)29(32)30-26-11-7-6-8-21(26)2/h3-5,9-10,13-16,19-21,26H,6-8,11-12,17-18H2,1-2H3,(H,30,32)/t20-,21+,26-/m1/s1. The normalized spacial score (nSPS) is 22.9. The van der Waals surface area contributed by atoms with Crippen molar-refractivity contribution in [3.63, 3.8) is 0 Å². The van der Waals surface area contributed by atoms with Gasteiger partial charge in [-0.2, -0.15) is 0 Å². The van der Waals surface area contributed by atoms with Crippen molar-refractivity contribution in [1.82, 2.24) is 9.88 Å². The van der Waals surface area contributed by atoms with Gasteiger partial charge in [-0.1, -0.05) is 57.0 Å². The molecule has 1 heterocycles. The maximum atomic E-state index is 12.9. The number of hydrogen-bond donors (Lipinski definition) is 1. The summed E-state index contributed by atoms with van der Waals surface area (Å²) in [5.74, 6) is 1.35. The summed E-state index contributed by atoms with van der Waals surface area (Å²) in [6, 6.07) is 21.6. The molecule has 3 nitrogen and oxygen atoms in total. The Bertz CT molecular complexity index is 1080. The van der Waals surface area contributed by atoms with Crippen molar-refractivity contribution in [2.24, 2.45) is 11.8 Å². The number of carbonyl (C=O) groups excluding carboxylic acids is 1. The Hall–Kier alpha value is -2.81. The number of carbonyl (C=O) groups is 1. The van der Waals surface area contributed by atoms with E-state index in [0.717, 1.165) is 36.4 Å². The van der Waals surface area contributed by atoms with Crippen LogP contribution in [0.3, 0.4) is 0 Å². The van der Waals surface area contributed by atoms with E-state index in [1.165, 1.54) is 48.2 Å². The van der Waals surface area contributed by atoms with Crippen LogP contribution in [0.5, 0.6) is 0 Å². The second kappa shape index (κ2) is 8.97. The van der Waals surface area contributed by atoms with Crippen molar-refractivity contribution in [2.45, 2.75) is 64.8 Å². The molecular weight excluding hydrogens is 392 g/mol. The molecule has 166 valence electrons. The third-order valence-corrected chi connectivity index (χ3v) is 7.52. The van der Waals surface area contributed by atoms with Crippen molar-refractivity contribution in [1.29, 1.82) is 0 Å². The van der Waals surface area contributed by atoms with Crippen molar-refractivity contribution in [3.05, 3.63) is 77.5 Å². The highest BCUT2D eigenvalue weighted by Crippen LogP contribution is 2.35. The largest absolute Gasteiger partial charge is 0.349 e. The van der Waals surface area contributed by atoms with Gasteiger partial charge in [-0.3, -0.25) is 4.79 Å². The molecule has 1 N–H and O–H groups in total. The predicted octanol–water partition coefficient (Wildman–Crippen LogP) is 6.58. The van der Waals surface area contributed by atoms with E-state index in [1.54, 1.807) is 0 Å². The smallest absolute Gasteiger partial charge is 0.251 e. The van der Waals surface area contributed by atoms with Crippen LogP contribution in [0, 0.1) is 11.8 Å². The molecule has 0 saturated heterocycles. The topological polar surface area (TPSA) is 34.0 Å². The second-order valence-corrected chi connectivity index (χ2v) is 9.94. The third kappa shape index (κ3) is 4.13. The summed E-state index contributed by atoms with van der Waals surface area (Å²) in [7, 11) is 0. The first kappa shape index (κ1) is 21.1. The molecule has 1 saturated carbocycles. The van der Waals surface area contributed by atoms with Crippen LogP contribution in [0.2, 0.25) is 0 Å². The fourth-order valence-electron chi connectivity index (χ4n) is 5.57. The Labute approximate surface area is 191 Å². The SMILES string of the molecule is C[C@@H]1CCc2c(cc(-c3ccccc3)n2-c2ccc(C(=O)N[C@@H]3CCCC[C@@H]3C)cc2)C1. The highest BCUT2D eigenvalue weighted by atomic mass is 16.1. The molecule has 0 aliphatic heterocycles. The molecule has 2 aliphatic carbocycles. The minimum atomic E-state index is 0.0574. The number of rotatable bonds is 4. The van der Waals surface area contributed by atoms with Gasteiger partial charge in [0, 0.05) is 23.0 Å². The van der Waals surface area contributed by atoms with E-state index in [4.69, 9.17) is 0 Å². The predicted molar refractivity (Wildman–Crippen MR) is 131 cm³/mol. The first-order valence-electron chi connectivity index (χ1n) is 12.3. The number of nitrogens with zero attached hydrogens (tertiary/aromatic N) is 1. The lowest BCUT2D eigenvalue weighted by Gasteiger charge is -2.29. The Kier molecular flexibility index (Phi) is 5.91. The van der Waals surface area contributed by atoms with E-state index in [1.807, 2.05) is 12.1 Å². The van der Waals surface area contributed by atoms with Crippen LogP contribution in [0.25, 0.3) is 16.9 Å². The van der Waals surface area contributed by atoms with Crippen LogP contribution in [-0.4, -0.2) is 16.5 Å². The first-order valence-corrected chi connectivity index (χ1v) is 12.3. The number of hydrogen-bond acceptors (Lipinski definition) is 1. The van der Waals surface area contributed by atoms with Crippen LogP contribution in [0.1, 0.15) is 67.6 Å². The van der Waals surface area contributed by atoms with Gasteiger partial charge < -0.3 is 9.88 Å². The van der Waals surface area contributed by atoms with Crippen LogP contribution in [-0.2, 0) is 12.8 Å². The molecule has 0 unspecified atom stereocenters. The van der Waals surface area contributed by atoms with Crippen molar-refractivity contribution in [2.75, 3.05) is 0 Å². The Morgan fingerprint density at radius 3 is 2.44 bits per heavy atom. The molecule has 5 rings (SSSR count). The summed E-state index contributed by atoms with van der Waals surface area (Å²) >= 11 is 0. The van der Waals surface area contributed by atoms with E-state index in [0.29, 0.717) is 12.0 Å². The summed E-state index contributed by atoms with van der Waals surface area (Å²) in [6.07, 6.45) is 8.28. The van der Waals surface area contributed by atoms with Gasteiger partial charge in [-0.25, -0.2) is 0 Å². The molecule has 2 aromatic carbocycles. The minimum absolute atomic E-state index is 0.0574. The minimum Gasteiger partial charge on any atom is -0.349 e. The molecule has 0 radical (unpaired) electrons. The van der Waals surface area contributed by atoms with E-state index in [2.05, 4.69) is 72.3 Å². The lowest BCUT2D eigenvalue weighted by molar-refractivity contribution is 0.0910. The maximum Gasteiger partial charge on any atom is 0.251 e. The number of amides is 1. The summed E-state index contributed by atoms with van der Waals surface area (Å²) < 4.78 is 2.42. The molecule has 1 aromatic heterocycles. The summed E-state index contributed by atoms with van der Waals surface area (Å²) in [6.45, 7) is 4.61. The quantitative estimate of drug-likeness (QED) is 0.502. The zero-order valence-electron chi connectivity index (χ0n) is 19.3. The lowest BCUT2D eigenvalue weighted by Crippen LogP contribution is -2.41. The van der Waals surface area contributed by atoms with Gasteiger partial charge in [-0.05, 0) is 85.4 Å². The number of fused-ring (bicyclic) bond motifs is 1. The average molecular weight is 427 g/mol. The maximum absolute atomic E-state index is 12.9. The van der Waals surface area contributed by atoms with Crippen LogP contribution in [0.15, 0.2) is 60.7 Å². The number of nitrogens with one attached hydrogen (secondary N) is 1. The van der Waals surface area contributed by atoms with Gasteiger partial charge in [0.25, 0.3) is 5.91 Å². The van der Waals surface area contributed by atoms with Crippen LogP contribution in [0.4, 0.5) is 0 Å². The molecule has 0 bridgehead atoms. The van der Waals surface area contributed by atoms with Crippen LogP contribution < -0.4 is 5.32 Å². The zero-order valence-corrected chi connectivity index (χ0v) is 19.3. The van der Waals surface area contributed by atoms with Gasteiger partial charge in [0.15, 0.2) is 0 Å². The highest BCUT2D eigenvalue weighted by molar-refractivity contribution is 5.94. The van der Waals surface area contributed by atoms with Crippen molar-refractivity contribution >= 4 is 5.91 Å². The van der Waals surface area contributed by atoms with Gasteiger partial charge in [0.1, 0.15) is 0 Å². The molecule has 3 atom stereocenters. The Morgan fingerprint density at radius 1 is 0.938 bits per heavy atom. The Balaban J connectivity index is 1.45. The molecule has 3 aromatic rings. The molecular formula is C29H34N2O. The second-order valence-electron chi connectivity index (χ2n) is 9.94. The third-order valence-electron chi connectivity index (χ3n) is 7.52. The fraction of sp³-hybridized carbons (Fsp3) is 0.414. The molecule has 3 heteroatoms. The van der Waals surface area contributed by atoms with Gasteiger partial charge in [0.05, 0.1) is 5.69 Å². The monoisotopic (exact) mass is 426 g/mol. The zero-order chi connectivity index (χ0) is 22.1. The number of benzene rings is 2. The molecule has 2 aliphatic rings. The van der Waals surface area contributed by atoms with E-state index in [-0.39, 0.29) is 5.91 Å². The van der Waals surface area contributed by atoms with Gasteiger partial charge in [-0.15, -0.1) is 0 Å². The van der Waals surface area contributed by atoms with E-state index < -0.39 is 0 Å². The summed E-state index contributed by atoms with van der Waals surface area (Å²) in [5.41, 5.74) is 7.27. The van der Waals surface area contributed by atoms with Crippen molar-refractivity contribution < 1.29 is 4.79 Å². The molecule has 0 spiro atoms. The van der Waals surface area contributed by atoms with Gasteiger partial charge >= 0.3 is 0 Å². The van der Waals surface area contributed by atoms with E-state index >= 15 is 0 Å². The highest BCUT2D eigenvalue weighted by Gasteiger charge is 2.25. The lowest BCUT2D eigenvalue weighted by atomic mass is 9.86. The molecule has 32 heavy (non-hydrogen) atoms.